The maximum Gasteiger partial charge on any atom is 0.257 e. The minimum Gasteiger partial charge on any atom is -0.399 e. The fraction of sp³-hybridized carbons (Fsp3) is 0.350. The predicted molar refractivity (Wildman–Crippen MR) is 115 cm³/mol. The molecule has 1 aliphatic rings. The van der Waals surface area contributed by atoms with Gasteiger partial charge in [-0.3, -0.25) is 4.79 Å². The van der Waals surface area contributed by atoms with Gasteiger partial charge in [0.05, 0.1) is 21.3 Å². The Balaban J connectivity index is 1.94. The van der Waals surface area contributed by atoms with Gasteiger partial charge in [0.1, 0.15) is 0 Å². The number of rotatable bonds is 3. The number of nitrogens with zero attached hydrogens (tertiary/aromatic N) is 1. The molecule has 4 nitrogen and oxygen atoms in total. The van der Waals surface area contributed by atoms with Gasteiger partial charge in [-0.2, -0.15) is 0 Å². The van der Waals surface area contributed by atoms with Crippen molar-refractivity contribution in [3.05, 3.63) is 51.0 Å². The van der Waals surface area contributed by atoms with E-state index in [0.717, 1.165) is 18.8 Å². The first-order valence-corrected chi connectivity index (χ1v) is 9.98. The number of hydrogen-bond donors (Lipinski definition) is 2. The number of nitrogens with two attached hydrogens (primary N) is 1. The van der Waals surface area contributed by atoms with Crippen LogP contribution in [0.4, 0.5) is 17.1 Å². The highest BCUT2D eigenvalue weighted by molar-refractivity contribution is 6.42. The third kappa shape index (κ3) is 4.63. The zero-order chi connectivity index (χ0) is 19.7. The second-order valence-electron chi connectivity index (χ2n) is 7.33. The highest BCUT2D eigenvalue weighted by Crippen LogP contribution is 2.35. The van der Waals surface area contributed by atoms with Gasteiger partial charge in [-0.05, 0) is 48.6 Å². The quantitative estimate of drug-likeness (QED) is 0.595. The summed E-state index contributed by atoms with van der Waals surface area (Å²) in [6, 6.07) is 8.49. The van der Waals surface area contributed by atoms with Crippen molar-refractivity contribution >= 4 is 57.8 Å². The lowest BCUT2D eigenvalue weighted by Gasteiger charge is -2.37. The molecule has 0 bridgehead atoms. The molecular formula is C20H22Cl3N3O. The van der Waals surface area contributed by atoms with E-state index in [1.54, 1.807) is 18.2 Å². The summed E-state index contributed by atoms with van der Waals surface area (Å²) in [5.74, 6) is 0.805. The molecule has 2 aromatic carbocycles. The van der Waals surface area contributed by atoms with Crippen LogP contribution in [-0.2, 0) is 0 Å². The van der Waals surface area contributed by atoms with Crippen molar-refractivity contribution in [3.63, 3.8) is 0 Å². The molecule has 0 saturated carbocycles. The van der Waals surface area contributed by atoms with Crippen LogP contribution in [0.25, 0.3) is 0 Å². The SMILES string of the molecule is C[C@@H]1C[C@@H](C)CN(c2ccc(N)cc2C(=O)Nc2c(Cl)cc(Cl)cc2Cl)C1. The monoisotopic (exact) mass is 425 g/mol. The summed E-state index contributed by atoms with van der Waals surface area (Å²) in [6.45, 7) is 6.26. The normalized spacial score (nSPS) is 19.8. The highest BCUT2D eigenvalue weighted by atomic mass is 35.5. The van der Waals surface area contributed by atoms with Gasteiger partial charge in [0, 0.05) is 29.5 Å². The number of anilines is 3. The molecule has 1 aliphatic heterocycles. The van der Waals surface area contributed by atoms with E-state index in [1.165, 1.54) is 6.42 Å². The Morgan fingerprint density at radius 3 is 2.26 bits per heavy atom. The number of benzene rings is 2. The molecule has 0 aliphatic carbocycles. The average molecular weight is 427 g/mol. The number of hydrogen-bond acceptors (Lipinski definition) is 3. The van der Waals surface area contributed by atoms with Crippen molar-refractivity contribution in [2.45, 2.75) is 20.3 Å². The second-order valence-corrected chi connectivity index (χ2v) is 8.58. The van der Waals surface area contributed by atoms with Crippen LogP contribution in [0.2, 0.25) is 15.1 Å². The first-order valence-electron chi connectivity index (χ1n) is 8.85. The Morgan fingerprint density at radius 2 is 1.67 bits per heavy atom. The fourth-order valence-electron chi connectivity index (χ4n) is 3.71. The first-order chi connectivity index (χ1) is 12.7. The standard InChI is InChI=1S/C20H22Cl3N3O/c1-11-5-12(2)10-26(9-11)18-4-3-14(24)8-15(18)20(27)25-19-16(22)6-13(21)7-17(19)23/h3-4,6-8,11-12H,5,9-10,24H2,1-2H3,(H,25,27)/t11-,12-/m1/s1. The summed E-state index contributed by atoms with van der Waals surface area (Å²) in [6.07, 6.45) is 1.18. The molecule has 0 radical (unpaired) electrons. The maximum atomic E-state index is 13.0. The zero-order valence-electron chi connectivity index (χ0n) is 15.2. The third-order valence-corrected chi connectivity index (χ3v) is 5.53. The van der Waals surface area contributed by atoms with E-state index in [2.05, 4.69) is 24.1 Å². The van der Waals surface area contributed by atoms with E-state index in [-0.39, 0.29) is 16.0 Å². The van der Waals surface area contributed by atoms with Crippen LogP contribution < -0.4 is 16.0 Å². The lowest BCUT2D eigenvalue weighted by molar-refractivity contribution is 0.102. The molecule has 1 fully saturated rings. The molecule has 0 unspecified atom stereocenters. The van der Waals surface area contributed by atoms with Crippen LogP contribution in [0.3, 0.4) is 0 Å². The molecule has 1 amide bonds. The van der Waals surface area contributed by atoms with Crippen LogP contribution in [0.15, 0.2) is 30.3 Å². The molecular weight excluding hydrogens is 405 g/mol. The Bertz CT molecular complexity index is 839. The maximum absolute atomic E-state index is 13.0. The molecule has 3 rings (SSSR count). The van der Waals surface area contributed by atoms with Crippen LogP contribution in [0, 0.1) is 11.8 Å². The van der Waals surface area contributed by atoms with E-state index >= 15 is 0 Å². The molecule has 144 valence electrons. The van der Waals surface area contributed by atoms with E-state index in [0.29, 0.717) is 33.8 Å². The van der Waals surface area contributed by atoms with Crippen molar-refractivity contribution in [1.82, 2.24) is 0 Å². The van der Waals surface area contributed by atoms with E-state index in [1.807, 2.05) is 12.1 Å². The summed E-state index contributed by atoms with van der Waals surface area (Å²) in [4.78, 5) is 15.3. The summed E-state index contributed by atoms with van der Waals surface area (Å²) in [5.41, 5.74) is 8.17. The van der Waals surface area contributed by atoms with Gasteiger partial charge in [0.25, 0.3) is 5.91 Å². The zero-order valence-corrected chi connectivity index (χ0v) is 17.5. The van der Waals surface area contributed by atoms with Crippen molar-refractivity contribution in [3.8, 4) is 0 Å². The molecule has 0 aromatic heterocycles. The van der Waals surface area contributed by atoms with Crippen molar-refractivity contribution < 1.29 is 4.79 Å². The number of nitrogen functional groups attached to an aromatic ring is 1. The van der Waals surface area contributed by atoms with Gasteiger partial charge in [-0.1, -0.05) is 48.7 Å². The highest BCUT2D eigenvalue weighted by Gasteiger charge is 2.26. The fourth-order valence-corrected chi connectivity index (χ4v) is 4.62. The summed E-state index contributed by atoms with van der Waals surface area (Å²) in [7, 11) is 0. The van der Waals surface area contributed by atoms with E-state index < -0.39 is 0 Å². The number of halogens is 3. The Labute approximate surface area is 174 Å². The van der Waals surface area contributed by atoms with Gasteiger partial charge in [-0.15, -0.1) is 0 Å². The second kappa shape index (κ2) is 8.17. The van der Waals surface area contributed by atoms with Gasteiger partial charge in [0.2, 0.25) is 0 Å². The first kappa shape index (κ1) is 20.1. The average Bonchev–Trinajstić information content (AvgIpc) is 2.56. The van der Waals surface area contributed by atoms with Gasteiger partial charge >= 0.3 is 0 Å². The van der Waals surface area contributed by atoms with E-state index in [4.69, 9.17) is 40.5 Å². The summed E-state index contributed by atoms with van der Waals surface area (Å²) < 4.78 is 0. The molecule has 1 saturated heterocycles. The Kier molecular flexibility index (Phi) is 6.09. The van der Waals surface area contributed by atoms with Crippen LogP contribution in [-0.4, -0.2) is 19.0 Å². The summed E-state index contributed by atoms with van der Waals surface area (Å²) in [5, 5.41) is 3.78. The number of piperidine rings is 1. The van der Waals surface area contributed by atoms with Crippen LogP contribution in [0.5, 0.6) is 0 Å². The smallest absolute Gasteiger partial charge is 0.257 e. The van der Waals surface area contributed by atoms with Crippen LogP contribution >= 0.6 is 34.8 Å². The minimum atomic E-state index is -0.311. The predicted octanol–water partition coefficient (Wildman–Crippen LogP) is 5.96. The van der Waals surface area contributed by atoms with Crippen molar-refractivity contribution in [2.75, 3.05) is 29.0 Å². The lowest BCUT2D eigenvalue weighted by Crippen LogP contribution is -2.39. The topological polar surface area (TPSA) is 58.4 Å². The molecule has 27 heavy (non-hydrogen) atoms. The van der Waals surface area contributed by atoms with E-state index in [9.17, 15) is 4.79 Å². The molecule has 0 spiro atoms. The summed E-state index contributed by atoms with van der Waals surface area (Å²) >= 11 is 18.4. The Morgan fingerprint density at radius 1 is 1.07 bits per heavy atom. The molecule has 2 atom stereocenters. The molecule has 2 aromatic rings. The number of carbonyl (C=O) groups excluding carboxylic acids is 1. The number of nitrogens with one attached hydrogen (secondary N) is 1. The number of carbonyl (C=O) groups is 1. The lowest BCUT2D eigenvalue weighted by atomic mass is 9.91. The molecule has 3 N–H and O–H groups in total. The van der Waals surface area contributed by atoms with Crippen molar-refractivity contribution in [2.24, 2.45) is 11.8 Å². The van der Waals surface area contributed by atoms with Gasteiger partial charge < -0.3 is 16.0 Å². The van der Waals surface area contributed by atoms with Gasteiger partial charge in [-0.25, -0.2) is 0 Å². The largest absolute Gasteiger partial charge is 0.399 e. The third-order valence-electron chi connectivity index (χ3n) is 4.72. The number of amides is 1. The molecule has 1 heterocycles. The minimum absolute atomic E-state index is 0.284. The molecule has 7 heteroatoms. The Hall–Kier alpha value is -1.62. The van der Waals surface area contributed by atoms with Gasteiger partial charge in [0.15, 0.2) is 0 Å². The van der Waals surface area contributed by atoms with Crippen LogP contribution in [0.1, 0.15) is 30.6 Å². The van der Waals surface area contributed by atoms with Crippen molar-refractivity contribution in [1.29, 1.82) is 0 Å².